The molecule has 0 unspecified atom stereocenters. The number of hydrogen-bond acceptors (Lipinski definition) is 4. The van der Waals surface area contributed by atoms with E-state index in [1.54, 1.807) is 6.07 Å². The van der Waals surface area contributed by atoms with Crippen molar-refractivity contribution in [3.8, 4) is 0 Å². The first-order valence-electron chi connectivity index (χ1n) is 7.09. The van der Waals surface area contributed by atoms with Crippen LogP contribution in [0.4, 0.5) is 0 Å². The Balaban J connectivity index is 2.08. The fourth-order valence-corrected chi connectivity index (χ4v) is 2.43. The Morgan fingerprint density at radius 2 is 1.70 bits per heavy atom. The second-order valence-corrected chi connectivity index (χ2v) is 5.01. The maximum atomic E-state index is 12.4. The van der Waals surface area contributed by atoms with Crippen molar-refractivity contribution in [3.05, 3.63) is 78.1 Å². The molecule has 0 saturated heterocycles. The second-order valence-electron chi connectivity index (χ2n) is 5.01. The van der Waals surface area contributed by atoms with E-state index in [4.69, 9.17) is 0 Å². The Morgan fingerprint density at radius 3 is 2.43 bits per heavy atom. The van der Waals surface area contributed by atoms with Crippen molar-refractivity contribution in [2.45, 2.75) is 6.42 Å². The van der Waals surface area contributed by atoms with Crippen molar-refractivity contribution in [1.29, 1.82) is 0 Å². The van der Waals surface area contributed by atoms with Gasteiger partial charge in [0.15, 0.2) is 0 Å². The number of carbonyl (C=O) groups is 2. The van der Waals surface area contributed by atoms with E-state index in [0.29, 0.717) is 23.3 Å². The molecule has 0 bridgehead atoms. The largest absolute Gasteiger partial charge is 0.545 e. The molecule has 23 heavy (non-hydrogen) atoms. The fourth-order valence-electron chi connectivity index (χ4n) is 2.43. The molecule has 0 N–H and O–H groups in total. The van der Waals surface area contributed by atoms with E-state index in [1.165, 1.54) is 4.57 Å². The predicted octanol–water partition coefficient (Wildman–Crippen LogP) is 1.57. The summed E-state index contributed by atoms with van der Waals surface area (Å²) in [5.41, 5.74) is 2.35. The normalized spacial score (nSPS) is 11.1. The predicted molar refractivity (Wildman–Crippen MR) is 83.8 cm³/mol. The average Bonchev–Trinajstić information content (AvgIpc) is 2.91. The Labute approximate surface area is 132 Å². The lowest BCUT2D eigenvalue weighted by Crippen LogP contribution is -2.20. The third kappa shape index (κ3) is 3.18. The molecule has 5 heteroatoms. The van der Waals surface area contributed by atoms with Gasteiger partial charge in [-0.25, -0.2) is 4.98 Å². The molecule has 0 spiro atoms. The van der Waals surface area contributed by atoms with Crippen molar-refractivity contribution in [3.63, 3.8) is 0 Å². The Kier molecular flexibility index (Phi) is 4.01. The van der Waals surface area contributed by atoms with Crippen molar-refractivity contribution < 1.29 is 14.7 Å². The maximum absolute atomic E-state index is 12.4. The van der Waals surface area contributed by atoms with Crippen LogP contribution in [0.25, 0.3) is 11.0 Å². The molecule has 0 fully saturated rings. The van der Waals surface area contributed by atoms with E-state index in [1.807, 2.05) is 48.5 Å². The number of carboxylic acid groups (broad SMARTS) is 1. The number of aliphatic carboxylic acids is 1. The number of carbonyl (C=O) groups excluding carboxylic acids is 2. The highest BCUT2D eigenvalue weighted by Crippen LogP contribution is 2.18. The summed E-state index contributed by atoms with van der Waals surface area (Å²) in [5, 5.41) is 10.5. The third-order valence-corrected chi connectivity index (χ3v) is 3.42. The second kappa shape index (κ2) is 6.27. The number of hydrogen-bond donors (Lipinski definition) is 0. The molecule has 1 aromatic heterocycles. The van der Waals surface area contributed by atoms with Gasteiger partial charge >= 0.3 is 0 Å². The Morgan fingerprint density at radius 1 is 1.00 bits per heavy atom. The van der Waals surface area contributed by atoms with E-state index in [-0.39, 0.29) is 0 Å². The number of benzene rings is 2. The fraction of sp³-hybridized carbons (Fsp3) is 0.0556. The minimum atomic E-state index is -1.41. The molecule has 0 aliphatic carbocycles. The van der Waals surface area contributed by atoms with Gasteiger partial charge < -0.3 is 9.90 Å². The van der Waals surface area contributed by atoms with Gasteiger partial charge in [-0.05, 0) is 23.8 Å². The number of fused-ring (bicyclic) bond motifs is 1. The van der Waals surface area contributed by atoms with Gasteiger partial charge in [-0.1, -0.05) is 42.5 Å². The van der Waals surface area contributed by atoms with Gasteiger partial charge in [0.25, 0.3) is 5.91 Å². The van der Waals surface area contributed by atoms with Gasteiger partial charge in [0.05, 0.1) is 17.0 Å². The first kappa shape index (κ1) is 14.7. The Hall–Kier alpha value is -3.21. The number of rotatable bonds is 4. The first-order valence-corrected chi connectivity index (χ1v) is 7.09. The molecule has 5 nitrogen and oxygen atoms in total. The first-order chi connectivity index (χ1) is 11.1. The van der Waals surface area contributed by atoms with Gasteiger partial charge in [-0.2, -0.15) is 0 Å². The van der Waals surface area contributed by atoms with Crippen LogP contribution in [0.15, 0.2) is 66.7 Å². The van der Waals surface area contributed by atoms with Gasteiger partial charge in [0.2, 0.25) is 0 Å². The van der Waals surface area contributed by atoms with Crippen LogP contribution in [0.3, 0.4) is 0 Å². The quantitative estimate of drug-likeness (QED) is 0.686. The van der Waals surface area contributed by atoms with Gasteiger partial charge in [-0.3, -0.25) is 9.36 Å². The summed E-state index contributed by atoms with van der Waals surface area (Å²) < 4.78 is 1.43. The molecule has 0 saturated carbocycles. The Bertz CT molecular complexity index is 895. The molecule has 0 amide bonds. The lowest BCUT2D eigenvalue weighted by Gasteiger charge is -2.05. The maximum Gasteiger partial charge on any atom is 0.256 e. The SMILES string of the molecule is O=C([O-])/C=C/C(=O)n1c(Cc2ccccc2)nc2ccccc21. The molecule has 3 aromatic rings. The van der Waals surface area contributed by atoms with Crippen LogP contribution in [0.2, 0.25) is 0 Å². The molecule has 0 aliphatic heterocycles. The molecule has 0 aliphatic rings. The highest BCUT2D eigenvalue weighted by atomic mass is 16.4. The van der Waals surface area contributed by atoms with Gasteiger partial charge in [0, 0.05) is 12.5 Å². The van der Waals surface area contributed by atoms with E-state index >= 15 is 0 Å². The highest BCUT2D eigenvalue weighted by molar-refractivity contribution is 6.00. The summed E-state index contributed by atoms with van der Waals surface area (Å²) in [4.78, 5) is 27.4. The number of para-hydroxylation sites is 2. The van der Waals surface area contributed by atoms with Crippen LogP contribution >= 0.6 is 0 Å². The summed E-state index contributed by atoms with van der Waals surface area (Å²) in [5.74, 6) is -1.31. The summed E-state index contributed by atoms with van der Waals surface area (Å²) in [6.07, 6.45) is 2.18. The number of allylic oxidation sites excluding steroid dienone is 1. The molecular formula is C18H13N2O3-. The molecule has 114 valence electrons. The van der Waals surface area contributed by atoms with Crippen LogP contribution in [0.1, 0.15) is 16.2 Å². The lowest BCUT2D eigenvalue weighted by atomic mass is 10.1. The molecule has 0 radical (unpaired) electrons. The number of imidazole rings is 1. The summed E-state index contributed by atoms with van der Waals surface area (Å²) in [7, 11) is 0. The number of carboxylic acids is 1. The van der Waals surface area contributed by atoms with E-state index in [0.717, 1.165) is 17.7 Å². The third-order valence-electron chi connectivity index (χ3n) is 3.42. The average molecular weight is 305 g/mol. The van der Waals surface area contributed by atoms with Crippen molar-refractivity contribution in [2.75, 3.05) is 0 Å². The minimum absolute atomic E-state index is 0.464. The van der Waals surface area contributed by atoms with Crippen LogP contribution in [0, 0.1) is 0 Å². The van der Waals surface area contributed by atoms with Crippen LogP contribution < -0.4 is 5.11 Å². The molecule has 1 heterocycles. The van der Waals surface area contributed by atoms with Crippen LogP contribution in [0.5, 0.6) is 0 Å². The van der Waals surface area contributed by atoms with E-state index in [2.05, 4.69) is 4.98 Å². The summed E-state index contributed by atoms with van der Waals surface area (Å²) in [6, 6.07) is 16.9. The zero-order valence-corrected chi connectivity index (χ0v) is 12.2. The summed E-state index contributed by atoms with van der Waals surface area (Å²) >= 11 is 0. The lowest BCUT2D eigenvalue weighted by molar-refractivity contribution is -0.297. The molecule has 2 aromatic carbocycles. The molecule has 3 rings (SSSR count). The topological polar surface area (TPSA) is 75.0 Å². The van der Waals surface area contributed by atoms with Crippen molar-refractivity contribution in [1.82, 2.24) is 9.55 Å². The number of nitrogens with zero attached hydrogens (tertiary/aromatic N) is 2. The van der Waals surface area contributed by atoms with E-state index < -0.39 is 11.9 Å². The highest BCUT2D eigenvalue weighted by Gasteiger charge is 2.15. The zero-order chi connectivity index (χ0) is 16.2. The van der Waals surface area contributed by atoms with Gasteiger partial charge in [-0.15, -0.1) is 0 Å². The molecule has 0 atom stereocenters. The van der Waals surface area contributed by atoms with Gasteiger partial charge in [0.1, 0.15) is 5.82 Å². The smallest absolute Gasteiger partial charge is 0.256 e. The van der Waals surface area contributed by atoms with Crippen LogP contribution in [-0.2, 0) is 11.2 Å². The minimum Gasteiger partial charge on any atom is -0.545 e. The van der Waals surface area contributed by atoms with E-state index in [9.17, 15) is 14.7 Å². The molecular weight excluding hydrogens is 292 g/mol. The van der Waals surface area contributed by atoms with Crippen molar-refractivity contribution in [2.24, 2.45) is 0 Å². The monoisotopic (exact) mass is 305 g/mol. The number of aromatic nitrogens is 2. The zero-order valence-electron chi connectivity index (χ0n) is 12.2. The summed E-state index contributed by atoms with van der Waals surface area (Å²) in [6.45, 7) is 0. The van der Waals surface area contributed by atoms with Crippen molar-refractivity contribution >= 4 is 22.9 Å². The standard InChI is InChI=1S/C18H14N2O3/c21-17(10-11-18(22)23)20-15-9-5-4-8-14(15)19-16(20)12-13-6-2-1-3-7-13/h1-11H,12H2,(H,22,23)/p-1/b11-10+. The van der Waals surface area contributed by atoms with Crippen LogP contribution in [-0.4, -0.2) is 21.4 Å².